The zero-order valence-corrected chi connectivity index (χ0v) is 10.2. The third-order valence-electron chi connectivity index (χ3n) is 2.16. The molecule has 1 aromatic carbocycles. The molecule has 0 fully saturated rings. The van der Waals surface area contributed by atoms with Gasteiger partial charge in [-0.1, -0.05) is 23.7 Å². The summed E-state index contributed by atoms with van der Waals surface area (Å²) in [5.41, 5.74) is 0.937. The van der Waals surface area contributed by atoms with Crippen LogP contribution in [0.5, 0.6) is 11.6 Å². The molecule has 88 valence electrons. The minimum atomic E-state index is 0.569. The van der Waals surface area contributed by atoms with Crippen LogP contribution in [0, 0.1) is 0 Å². The van der Waals surface area contributed by atoms with Gasteiger partial charge in [0.05, 0.1) is 5.69 Å². The zero-order chi connectivity index (χ0) is 12.1. The van der Waals surface area contributed by atoms with Crippen LogP contribution >= 0.6 is 11.6 Å². The minimum Gasteiger partial charge on any atom is -0.439 e. The van der Waals surface area contributed by atoms with Crippen LogP contribution in [0.1, 0.15) is 5.69 Å². The smallest absolute Gasteiger partial charge is 0.219 e. The lowest BCUT2D eigenvalue weighted by Gasteiger charge is -2.06. The molecule has 1 aromatic heterocycles. The van der Waals surface area contributed by atoms with E-state index in [9.17, 15) is 0 Å². The molecule has 0 bridgehead atoms. The highest BCUT2D eigenvalue weighted by Crippen LogP contribution is 2.22. The van der Waals surface area contributed by atoms with Crippen LogP contribution in [0.25, 0.3) is 0 Å². The average molecular weight is 249 g/mol. The first kappa shape index (κ1) is 11.9. The van der Waals surface area contributed by atoms with E-state index >= 15 is 0 Å². The van der Waals surface area contributed by atoms with Gasteiger partial charge >= 0.3 is 0 Å². The molecule has 2 aromatic rings. The van der Waals surface area contributed by atoms with Gasteiger partial charge in [-0.15, -0.1) is 0 Å². The molecule has 1 N–H and O–H groups in total. The molecule has 0 unspecified atom stereocenters. The Bertz CT molecular complexity index is 502. The van der Waals surface area contributed by atoms with Crippen LogP contribution in [-0.4, -0.2) is 12.0 Å². The van der Waals surface area contributed by atoms with Crippen molar-refractivity contribution in [3.63, 3.8) is 0 Å². The van der Waals surface area contributed by atoms with E-state index in [1.54, 1.807) is 12.1 Å². The number of halogens is 1. The summed E-state index contributed by atoms with van der Waals surface area (Å²) in [5.74, 6) is 1.26. The van der Waals surface area contributed by atoms with E-state index in [0.717, 1.165) is 5.69 Å². The molecule has 0 amide bonds. The van der Waals surface area contributed by atoms with Gasteiger partial charge in [-0.25, -0.2) is 4.98 Å². The maximum atomic E-state index is 5.88. The molecule has 3 nitrogen and oxygen atoms in total. The Kier molecular flexibility index (Phi) is 3.96. The first-order chi connectivity index (χ1) is 8.28. The van der Waals surface area contributed by atoms with Crippen molar-refractivity contribution in [1.82, 2.24) is 10.3 Å². The first-order valence-corrected chi connectivity index (χ1v) is 5.69. The quantitative estimate of drug-likeness (QED) is 0.902. The van der Waals surface area contributed by atoms with Gasteiger partial charge < -0.3 is 10.1 Å². The molecule has 0 saturated heterocycles. The van der Waals surface area contributed by atoms with Crippen LogP contribution in [0.3, 0.4) is 0 Å². The molecular weight excluding hydrogens is 236 g/mol. The number of hydrogen-bond acceptors (Lipinski definition) is 3. The van der Waals surface area contributed by atoms with Crippen molar-refractivity contribution >= 4 is 11.6 Å². The molecule has 0 atom stereocenters. The summed E-state index contributed by atoms with van der Waals surface area (Å²) < 4.78 is 5.62. The summed E-state index contributed by atoms with van der Waals surface area (Å²) in [6.45, 7) is 0.715. The highest BCUT2D eigenvalue weighted by molar-refractivity contribution is 6.30. The molecule has 0 spiro atoms. The van der Waals surface area contributed by atoms with E-state index in [0.29, 0.717) is 23.2 Å². The maximum Gasteiger partial charge on any atom is 0.219 e. The molecule has 1 heterocycles. The predicted octanol–water partition coefficient (Wildman–Crippen LogP) is 3.25. The van der Waals surface area contributed by atoms with Crippen LogP contribution < -0.4 is 10.1 Å². The fraction of sp³-hybridized carbons (Fsp3) is 0.154. The standard InChI is InChI=1S/C13H13ClN2O/c1-15-9-11-5-3-7-13(16-11)17-12-6-2-4-10(14)8-12/h2-8,15H,9H2,1H3. The van der Waals surface area contributed by atoms with Gasteiger partial charge in [0.15, 0.2) is 0 Å². The Morgan fingerprint density at radius 2 is 2.06 bits per heavy atom. The van der Waals surface area contributed by atoms with Crippen molar-refractivity contribution in [2.45, 2.75) is 6.54 Å². The van der Waals surface area contributed by atoms with Crippen LogP contribution in [0.4, 0.5) is 0 Å². The molecule has 0 saturated carbocycles. The Balaban J connectivity index is 2.15. The minimum absolute atomic E-state index is 0.569. The van der Waals surface area contributed by atoms with Gasteiger partial charge in [0.2, 0.25) is 5.88 Å². The van der Waals surface area contributed by atoms with Gasteiger partial charge in [0.25, 0.3) is 0 Å². The Morgan fingerprint density at radius 3 is 2.82 bits per heavy atom. The van der Waals surface area contributed by atoms with E-state index in [4.69, 9.17) is 16.3 Å². The SMILES string of the molecule is CNCc1cccc(Oc2cccc(Cl)c2)n1. The number of nitrogens with zero attached hydrogens (tertiary/aromatic N) is 1. The van der Waals surface area contributed by atoms with Crippen molar-refractivity contribution in [3.8, 4) is 11.6 Å². The fourth-order valence-electron chi connectivity index (χ4n) is 1.45. The summed E-state index contributed by atoms with van der Waals surface area (Å²) in [5, 5.41) is 3.69. The normalized spacial score (nSPS) is 10.2. The fourth-order valence-corrected chi connectivity index (χ4v) is 1.63. The molecule has 17 heavy (non-hydrogen) atoms. The monoisotopic (exact) mass is 248 g/mol. The number of aromatic nitrogens is 1. The van der Waals surface area contributed by atoms with Gasteiger partial charge in [-0.05, 0) is 31.3 Å². The van der Waals surface area contributed by atoms with E-state index in [1.807, 2.05) is 37.4 Å². The summed E-state index contributed by atoms with van der Waals surface area (Å²) in [6.07, 6.45) is 0. The second-order valence-corrected chi connectivity index (χ2v) is 3.99. The number of nitrogens with one attached hydrogen (secondary N) is 1. The van der Waals surface area contributed by atoms with E-state index < -0.39 is 0 Å². The van der Waals surface area contributed by atoms with Crippen molar-refractivity contribution in [1.29, 1.82) is 0 Å². The van der Waals surface area contributed by atoms with Crippen LogP contribution in [0.2, 0.25) is 5.02 Å². The lowest BCUT2D eigenvalue weighted by molar-refractivity contribution is 0.460. The van der Waals surface area contributed by atoms with E-state index in [1.165, 1.54) is 0 Å². The van der Waals surface area contributed by atoms with Gasteiger partial charge in [0, 0.05) is 17.6 Å². The van der Waals surface area contributed by atoms with Crippen molar-refractivity contribution in [2.75, 3.05) is 7.05 Å². The molecule has 0 aliphatic heterocycles. The molecule has 0 radical (unpaired) electrons. The topological polar surface area (TPSA) is 34.1 Å². The second kappa shape index (κ2) is 5.66. The Hall–Kier alpha value is -1.58. The highest BCUT2D eigenvalue weighted by atomic mass is 35.5. The van der Waals surface area contributed by atoms with Gasteiger partial charge in [0.1, 0.15) is 5.75 Å². The number of benzene rings is 1. The average Bonchev–Trinajstić information content (AvgIpc) is 2.30. The van der Waals surface area contributed by atoms with Crippen molar-refractivity contribution in [3.05, 3.63) is 53.2 Å². The molecule has 4 heteroatoms. The first-order valence-electron chi connectivity index (χ1n) is 5.32. The lowest BCUT2D eigenvalue weighted by Crippen LogP contribution is -2.06. The lowest BCUT2D eigenvalue weighted by atomic mass is 10.3. The summed E-state index contributed by atoms with van der Waals surface area (Å²) in [6, 6.07) is 12.9. The van der Waals surface area contributed by atoms with Crippen LogP contribution in [0.15, 0.2) is 42.5 Å². The molecule has 2 rings (SSSR count). The van der Waals surface area contributed by atoms with E-state index in [2.05, 4.69) is 10.3 Å². The third-order valence-corrected chi connectivity index (χ3v) is 2.39. The summed E-state index contributed by atoms with van der Waals surface area (Å²) in [7, 11) is 1.88. The third kappa shape index (κ3) is 3.44. The Morgan fingerprint density at radius 1 is 1.24 bits per heavy atom. The second-order valence-electron chi connectivity index (χ2n) is 3.56. The predicted molar refractivity (Wildman–Crippen MR) is 68.5 cm³/mol. The summed E-state index contributed by atoms with van der Waals surface area (Å²) >= 11 is 5.88. The molecule has 0 aliphatic rings. The number of pyridine rings is 1. The molecular formula is C13H13ClN2O. The number of rotatable bonds is 4. The highest BCUT2D eigenvalue weighted by Gasteiger charge is 2.00. The zero-order valence-electron chi connectivity index (χ0n) is 9.48. The van der Waals surface area contributed by atoms with Gasteiger partial charge in [-0.3, -0.25) is 0 Å². The maximum absolute atomic E-state index is 5.88. The summed E-state index contributed by atoms with van der Waals surface area (Å²) in [4.78, 5) is 4.36. The van der Waals surface area contributed by atoms with Crippen molar-refractivity contribution < 1.29 is 4.74 Å². The number of ether oxygens (including phenoxy) is 1. The largest absolute Gasteiger partial charge is 0.439 e. The number of hydrogen-bond donors (Lipinski definition) is 1. The van der Waals surface area contributed by atoms with Crippen LogP contribution in [-0.2, 0) is 6.54 Å². The van der Waals surface area contributed by atoms with Gasteiger partial charge in [-0.2, -0.15) is 0 Å². The molecule has 0 aliphatic carbocycles. The Labute approximate surface area is 105 Å². The van der Waals surface area contributed by atoms with Crippen molar-refractivity contribution in [2.24, 2.45) is 0 Å². The van der Waals surface area contributed by atoms with E-state index in [-0.39, 0.29) is 0 Å².